The van der Waals surface area contributed by atoms with Gasteiger partial charge in [-0.05, 0) is 52.0 Å². The van der Waals surface area contributed by atoms with E-state index in [1.807, 2.05) is 13.8 Å². The zero-order chi connectivity index (χ0) is 15.9. The maximum Gasteiger partial charge on any atom is 0.164 e. The Balaban J connectivity index is 3.70. The SMILES string of the molecule is C=C(C)COCCCC(CCCOCC(=C)C)[SiH2]OCC. The molecule has 0 aromatic rings. The molecule has 4 heteroatoms. The van der Waals surface area contributed by atoms with Gasteiger partial charge in [0.1, 0.15) is 0 Å². The van der Waals surface area contributed by atoms with E-state index in [0.29, 0.717) is 13.2 Å². The van der Waals surface area contributed by atoms with E-state index in [9.17, 15) is 0 Å². The van der Waals surface area contributed by atoms with Crippen LogP contribution in [0.5, 0.6) is 0 Å². The summed E-state index contributed by atoms with van der Waals surface area (Å²) in [5, 5.41) is 0. The molecule has 0 spiro atoms. The molecule has 0 heterocycles. The van der Waals surface area contributed by atoms with Crippen molar-refractivity contribution < 1.29 is 13.9 Å². The van der Waals surface area contributed by atoms with E-state index >= 15 is 0 Å². The molecule has 0 aromatic heterocycles. The van der Waals surface area contributed by atoms with E-state index < -0.39 is 9.76 Å². The summed E-state index contributed by atoms with van der Waals surface area (Å²) in [6, 6.07) is 0. The summed E-state index contributed by atoms with van der Waals surface area (Å²) in [6.45, 7) is 17.6. The number of hydrogen-bond donors (Lipinski definition) is 0. The van der Waals surface area contributed by atoms with Gasteiger partial charge in [0, 0.05) is 19.8 Å². The molecule has 0 rings (SSSR count). The van der Waals surface area contributed by atoms with Crippen LogP contribution >= 0.6 is 0 Å². The highest BCUT2D eigenvalue weighted by Crippen LogP contribution is 2.19. The van der Waals surface area contributed by atoms with Crippen LogP contribution in [0.4, 0.5) is 0 Å². The fraction of sp³-hybridized carbons (Fsp3) is 0.765. The highest BCUT2D eigenvalue weighted by molar-refractivity contribution is 6.29. The third kappa shape index (κ3) is 15.8. The molecule has 0 saturated carbocycles. The topological polar surface area (TPSA) is 27.7 Å². The minimum atomic E-state index is -0.421. The van der Waals surface area contributed by atoms with Crippen molar-refractivity contribution >= 4 is 9.76 Å². The highest BCUT2D eigenvalue weighted by Gasteiger charge is 2.10. The van der Waals surface area contributed by atoms with Crippen molar-refractivity contribution in [3.05, 3.63) is 24.3 Å². The van der Waals surface area contributed by atoms with Crippen LogP contribution in [0, 0.1) is 0 Å². The monoisotopic (exact) mass is 314 g/mol. The molecule has 3 nitrogen and oxygen atoms in total. The lowest BCUT2D eigenvalue weighted by atomic mass is 10.1. The predicted molar refractivity (Wildman–Crippen MR) is 93.7 cm³/mol. The van der Waals surface area contributed by atoms with Crippen molar-refractivity contribution in [1.29, 1.82) is 0 Å². The molecular weight excluding hydrogens is 280 g/mol. The fourth-order valence-electron chi connectivity index (χ4n) is 2.04. The van der Waals surface area contributed by atoms with Gasteiger partial charge in [0.25, 0.3) is 0 Å². The van der Waals surface area contributed by atoms with Crippen molar-refractivity contribution in [2.45, 2.75) is 52.0 Å². The fourth-order valence-corrected chi connectivity index (χ4v) is 3.52. The number of ether oxygens (including phenoxy) is 2. The predicted octanol–water partition coefficient (Wildman–Crippen LogP) is 3.64. The van der Waals surface area contributed by atoms with Gasteiger partial charge in [-0.15, -0.1) is 0 Å². The third-order valence-corrected chi connectivity index (χ3v) is 4.99. The van der Waals surface area contributed by atoms with E-state index in [1.165, 1.54) is 12.8 Å². The molecule has 0 unspecified atom stereocenters. The van der Waals surface area contributed by atoms with Crippen molar-refractivity contribution in [2.75, 3.05) is 33.0 Å². The molecule has 21 heavy (non-hydrogen) atoms. The van der Waals surface area contributed by atoms with Crippen LogP contribution in [0.1, 0.15) is 46.5 Å². The van der Waals surface area contributed by atoms with Crippen LogP contribution in [0.25, 0.3) is 0 Å². The zero-order valence-electron chi connectivity index (χ0n) is 14.3. The van der Waals surface area contributed by atoms with Gasteiger partial charge in [-0.25, -0.2) is 0 Å². The van der Waals surface area contributed by atoms with E-state index in [-0.39, 0.29) is 0 Å². The Labute approximate surface area is 133 Å². The van der Waals surface area contributed by atoms with Crippen molar-refractivity contribution in [3.8, 4) is 0 Å². The second kappa shape index (κ2) is 14.5. The van der Waals surface area contributed by atoms with Gasteiger partial charge in [-0.1, -0.05) is 24.3 Å². The second-order valence-corrected chi connectivity index (χ2v) is 7.73. The van der Waals surface area contributed by atoms with E-state index in [0.717, 1.165) is 49.3 Å². The van der Waals surface area contributed by atoms with Crippen LogP contribution in [0.2, 0.25) is 5.54 Å². The van der Waals surface area contributed by atoms with Gasteiger partial charge in [0.2, 0.25) is 0 Å². The van der Waals surface area contributed by atoms with Gasteiger partial charge in [-0.3, -0.25) is 0 Å². The number of hydrogen-bond acceptors (Lipinski definition) is 3. The Kier molecular flexibility index (Phi) is 14.2. The Morgan fingerprint density at radius 3 is 1.81 bits per heavy atom. The summed E-state index contributed by atoms with van der Waals surface area (Å²) in [5.41, 5.74) is 2.92. The first-order valence-corrected chi connectivity index (χ1v) is 9.47. The summed E-state index contributed by atoms with van der Waals surface area (Å²) in [6.07, 6.45) is 4.65. The molecule has 0 radical (unpaired) electrons. The zero-order valence-corrected chi connectivity index (χ0v) is 15.7. The van der Waals surface area contributed by atoms with Crippen LogP contribution in [0.15, 0.2) is 24.3 Å². The summed E-state index contributed by atoms with van der Waals surface area (Å²) in [5.74, 6) is 0. The molecule has 0 aliphatic rings. The van der Waals surface area contributed by atoms with Crippen LogP contribution in [-0.2, 0) is 13.9 Å². The van der Waals surface area contributed by atoms with E-state index in [2.05, 4.69) is 20.1 Å². The summed E-state index contributed by atoms with van der Waals surface area (Å²) in [4.78, 5) is 0. The molecule has 0 bridgehead atoms. The van der Waals surface area contributed by atoms with Gasteiger partial charge in [0.05, 0.1) is 13.2 Å². The first-order valence-electron chi connectivity index (χ1n) is 8.08. The molecule has 0 saturated heterocycles. The molecule has 0 amide bonds. The molecule has 124 valence electrons. The quantitative estimate of drug-likeness (QED) is 0.262. The first-order chi connectivity index (χ1) is 10.1. The first kappa shape index (κ1) is 20.6. The molecule has 0 fully saturated rings. The largest absolute Gasteiger partial charge is 0.424 e. The molecule has 0 N–H and O–H groups in total. The second-order valence-electron chi connectivity index (χ2n) is 5.83. The van der Waals surface area contributed by atoms with E-state index in [1.54, 1.807) is 0 Å². The Morgan fingerprint density at radius 2 is 1.43 bits per heavy atom. The molecule has 0 aliphatic carbocycles. The molecule has 0 atom stereocenters. The molecule has 0 aromatic carbocycles. The lowest BCUT2D eigenvalue weighted by Crippen LogP contribution is -2.11. The van der Waals surface area contributed by atoms with Gasteiger partial charge < -0.3 is 13.9 Å². The minimum absolute atomic E-state index is 0.421. The van der Waals surface area contributed by atoms with Gasteiger partial charge >= 0.3 is 0 Å². The lowest BCUT2D eigenvalue weighted by molar-refractivity contribution is 0.145. The summed E-state index contributed by atoms with van der Waals surface area (Å²) < 4.78 is 16.8. The smallest absolute Gasteiger partial charge is 0.164 e. The van der Waals surface area contributed by atoms with Crippen LogP contribution < -0.4 is 0 Å². The maximum atomic E-state index is 5.72. The Morgan fingerprint density at radius 1 is 0.952 bits per heavy atom. The molecular formula is C17H34O3Si. The normalized spacial score (nSPS) is 11.6. The average Bonchev–Trinajstić information content (AvgIpc) is 2.42. The average molecular weight is 315 g/mol. The van der Waals surface area contributed by atoms with E-state index in [4.69, 9.17) is 13.9 Å². The van der Waals surface area contributed by atoms with Gasteiger partial charge in [0.15, 0.2) is 9.76 Å². The summed E-state index contributed by atoms with van der Waals surface area (Å²) in [7, 11) is -0.421. The van der Waals surface area contributed by atoms with Crippen molar-refractivity contribution in [3.63, 3.8) is 0 Å². The van der Waals surface area contributed by atoms with Gasteiger partial charge in [-0.2, -0.15) is 0 Å². The third-order valence-electron chi connectivity index (χ3n) is 3.06. The van der Waals surface area contributed by atoms with Crippen molar-refractivity contribution in [1.82, 2.24) is 0 Å². The highest BCUT2D eigenvalue weighted by atomic mass is 28.2. The Hall–Kier alpha value is -0.423. The van der Waals surface area contributed by atoms with Crippen molar-refractivity contribution in [2.24, 2.45) is 0 Å². The van der Waals surface area contributed by atoms with Crippen LogP contribution in [-0.4, -0.2) is 42.8 Å². The summed E-state index contributed by atoms with van der Waals surface area (Å²) >= 11 is 0. The standard InChI is InChI=1S/C17H34O3Si/c1-6-20-21-17(9-7-11-18-13-15(2)3)10-8-12-19-14-16(4)5/h17H,2,4,6-14,21H2,1,3,5H3. The molecule has 0 aliphatic heterocycles. The number of rotatable bonds is 15. The Bertz CT molecular complexity index is 255. The minimum Gasteiger partial charge on any atom is -0.424 e. The maximum absolute atomic E-state index is 5.72. The lowest BCUT2D eigenvalue weighted by Gasteiger charge is -2.16. The van der Waals surface area contributed by atoms with Crippen LogP contribution in [0.3, 0.4) is 0 Å².